The van der Waals surface area contributed by atoms with Gasteiger partial charge in [-0.05, 0) is 46.5 Å². The Hall–Kier alpha value is -3.81. The predicted molar refractivity (Wildman–Crippen MR) is 126 cm³/mol. The fourth-order valence-corrected chi connectivity index (χ4v) is 5.52. The highest BCUT2D eigenvalue weighted by Gasteiger charge is 2.55. The van der Waals surface area contributed by atoms with Crippen LogP contribution in [0.25, 0.3) is 0 Å². The number of nitrogens with zero attached hydrogens (tertiary/aromatic N) is 4. The first-order chi connectivity index (χ1) is 16.8. The summed E-state index contributed by atoms with van der Waals surface area (Å²) in [7, 11) is 0. The number of Topliss-reactive ketones (excluding diaryl/α,β-unsaturated/α-hetero) is 1. The van der Waals surface area contributed by atoms with Crippen molar-refractivity contribution >= 4 is 5.78 Å². The van der Waals surface area contributed by atoms with Gasteiger partial charge in [0.15, 0.2) is 0 Å². The number of piperidine rings is 2. The van der Waals surface area contributed by atoms with Gasteiger partial charge in [0, 0.05) is 73.7 Å². The highest BCUT2D eigenvalue weighted by Crippen LogP contribution is 2.51. The zero-order valence-corrected chi connectivity index (χ0v) is 18.4. The van der Waals surface area contributed by atoms with Crippen molar-refractivity contribution in [1.29, 1.82) is 0 Å². The molecule has 0 aromatic carbocycles. The van der Waals surface area contributed by atoms with E-state index in [0.717, 1.165) is 22.3 Å². The molecule has 0 saturated carbocycles. The third-order valence-electron chi connectivity index (χ3n) is 6.99. The molecule has 0 aliphatic carbocycles. The third kappa shape index (κ3) is 3.59. The highest BCUT2D eigenvalue weighted by atomic mass is 16.1. The van der Waals surface area contributed by atoms with Crippen LogP contribution in [0.3, 0.4) is 0 Å². The molecule has 4 aromatic rings. The lowest BCUT2D eigenvalue weighted by Crippen LogP contribution is -2.60. The Morgan fingerprint density at radius 1 is 0.500 bits per heavy atom. The molecule has 34 heavy (non-hydrogen) atoms. The van der Waals surface area contributed by atoms with Gasteiger partial charge in [0.2, 0.25) is 0 Å². The molecule has 2 aliphatic heterocycles. The number of aromatic nitrogens is 4. The normalized spacial score (nSPS) is 28.4. The molecule has 2 N–H and O–H groups in total. The Morgan fingerprint density at radius 2 is 0.794 bits per heavy atom. The van der Waals surface area contributed by atoms with E-state index in [1.54, 1.807) is 24.8 Å². The Balaban J connectivity index is 1.52. The first kappa shape index (κ1) is 20.8. The maximum absolute atomic E-state index is 14.4. The van der Waals surface area contributed by atoms with Crippen LogP contribution in [0.4, 0.5) is 0 Å². The Kier molecular flexibility index (Phi) is 5.41. The van der Waals surface area contributed by atoms with Crippen molar-refractivity contribution in [2.75, 3.05) is 0 Å². The molecule has 7 heteroatoms. The number of pyridine rings is 4. The maximum Gasteiger partial charge on any atom is 0.146 e. The van der Waals surface area contributed by atoms with Gasteiger partial charge >= 0.3 is 0 Å². The Morgan fingerprint density at radius 3 is 1.03 bits per heavy atom. The maximum atomic E-state index is 14.4. The van der Waals surface area contributed by atoms with E-state index in [-0.39, 0.29) is 41.8 Å². The highest BCUT2D eigenvalue weighted by molar-refractivity contribution is 5.89. The summed E-state index contributed by atoms with van der Waals surface area (Å²) in [4.78, 5) is 31.8. The molecule has 2 bridgehead atoms. The molecule has 2 fully saturated rings. The van der Waals surface area contributed by atoms with Crippen LogP contribution in [0.1, 0.15) is 46.4 Å². The molecule has 0 amide bonds. The van der Waals surface area contributed by atoms with Crippen LogP contribution < -0.4 is 10.6 Å². The molecule has 6 heterocycles. The fourth-order valence-electron chi connectivity index (χ4n) is 5.52. The van der Waals surface area contributed by atoms with Crippen LogP contribution >= 0.6 is 0 Å². The summed E-state index contributed by atoms with van der Waals surface area (Å²) in [6.45, 7) is 0. The van der Waals surface area contributed by atoms with Gasteiger partial charge in [0.05, 0.1) is 11.8 Å². The van der Waals surface area contributed by atoms with Crippen LogP contribution in [0.15, 0.2) is 98.1 Å². The standard InChI is InChI=1S/C27H24N6O/c34-27-21-23(17-5-1-9-28-13-17)32-25(19-7-3-11-30-15-19)22(27)26(20-8-4-12-31-16-20)33-24(21)18-6-2-10-29-14-18/h1-16,21-26,32-33H/t21?,22?,23-,24-,25-,26+/m1/s1. The first-order valence-electron chi connectivity index (χ1n) is 11.5. The topological polar surface area (TPSA) is 92.7 Å². The SMILES string of the molecule is O=C1C2[C@@H](c3cccnc3)N[C@H](c3cccnc3)C1[C@H](c1cccnc1)N[C@@H]2c1cccnc1. The minimum absolute atomic E-state index is 0.213. The number of carbonyl (C=O) groups is 1. The van der Waals surface area contributed by atoms with E-state index in [1.807, 2.05) is 73.3 Å². The predicted octanol–water partition coefficient (Wildman–Crippen LogP) is 3.54. The van der Waals surface area contributed by atoms with Gasteiger partial charge in [-0.2, -0.15) is 0 Å². The second-order valence-corrected chi connectivity index (χ2v) is 8.84. The van der Waals surface area contributed by atoms with E-state index in [1.165, 1.54) is 0 Å². The second kappa shape index (κ2) is 8.85. The average Bonchev–Trinajstić information content (AvgIpc) is 2.91. The van der Waals surface area contributed by atoms with Gasteiger partial charge < -0.3 is 10.6 Å². The molecule has 6 rings (SSSR count). The zero-order valence-electron chi connectivity index (χ0n) is 18.4. The summed E-state index contributed by atoms with van der Waals surface area (Å²) in [5.74, 6) is -0.415. The first-order valence-corrected chi connectivity index (χ1v) is 11.5. The molecular weight excluding hydrogens is 424 g/mol. The van der Waals surface area contributed by atoms with E-state index in [4.69, 9.17) is 0 Å². The summed E-state index contributed by atoms with van der Waals surface area (Å²) in [6.07, 6.45) is 14.4. The number of rotatable bonds is 4. The van der Waals surface area contributed by atoms with Crippen LogP contribution in [0.2, 0.25) is 0 Å². The Bertz CT molecular complexity index is 1070. The number of ketones is 1. The van der Waals surface area contributed by atoms with Crippen molar-refractivity contribution < 1.29 is 4.79 Å². The van der Waals surface area contributed by atoms with E-state index >= 15 is 0 Å². The molecule has 168 valence electrons. The molecule has 2 aliphatic rings. The molecular formula is C27H24N6O. The van der Waals surface area contributed by atoms with Gasteiger partial charge in [0.25, 0.3) is 0 Å². The van der Waals surface area contributed by atoms with Crippen molar-refractivity contribution in [2.45, 2.75) is 24.2 Å². The smallest absolute Gasteiger partial charge is 0.146 e. The summed E-state index contributed by atoms with van der Waals surface area (Å²) in [5.41, 5.74) is 3.96. The second-order valence-electron chi connectivity index (χ2n) is 8.84. The van der Waals surface area contributed by atoms with Gasteiger partial charge in [-0.25, -0.2) is 0 Å². The van der Waals surface area contributed by atoms with Gasteiger partial charge in [-0.1, -0.05) is 24.3 Å². The lowest BCUT2D eigenvalue weighted by molar-refractivity contribution is -0.139. The number of hydrogen-bond donors (Lipinski definition) is 2. The van der Waals surface area contributed by atoms with E-state index in [0.29, 0.717) is 0 Å². The summed E-state index contributed by atoms with van der Waals surface area (Å²) >= 11 is 0. The zero-order chi connectivity index (χ0) is 22.9. The van der Waals surface area contributed by atoms with Crippen molar-refractivity contribution in [2.24, 2.45) is 11.8 Å². The number of hydrogen-bond acceptors (Lipinski definition) is 7. The average molecular weight is 449 g/mol. The molecule has 4 aromatic heterocycles. The minimum atomic E-state index is -0.320. The van der Waals surface area contributed by atoms with Crippen molar-refractivity contribution in [3.05, 3.63) is 120 Å². The lowest BCUT2D eigenvalue weighted by atomic mass is 9.64. The molecule has 0 radical (unpaired) electrons. The number of fused-ring (bicyclic) bond motifs is 2. The van der Waals surface area contributed by atoms with Crippen LogP contribution in [0.5, 0.6) is 0 Å². The van der Waals surface area contributed by atoms with E-state index in [2.05, 4.69) is 30.6 Å². The lowest BCUT2D eigenvalue weighted by Gasteiger charge is -2.52. The van der Waals surface area contributed by atoms with Crippen molar-refractivity contribution in [3.63, 3.8) is 0 Å². The molecule has 0 spiro atoms. The molecule has 7 nitrogen and oxygen atoms in total. The minimum Gasteiger partial charge on any atom is -0.301 e. The van der Waals surface area contributed by atoms with Gasteiger partial charge in [-0.3, -0.25) is 24.7 Å². The molecule has 2 saturated heterocycles. The van der Waals surface area contributed by atoms with Gasteiger partial charge in [0.1, 0.15) is 5.78 Å². The number of carbonyl (C=O) groups excluding carboxylic acids is 1. The quantitative estimate of drug-likeness (QED) is 0.493. The fraction of sp³-hybridized carbons (Fsp3) is 0.222. The monoisotopic (exact) mass is 448 g/mol. The van der Waals surface area contributed by atoms with Gasteiger partial charge in [-0.15, -0.1) is 0 Å². The van der Waals surface area contributed by atoms with Crippen molar-refractivity contribution in [1.82, 2.24) is 30.6 Å². The van der Waals surface area contributed by atoms with Crippen LogP contribution in [-0.4, -0.2) is 25.7 Å². The van der Waals surface area contributed by atoms with Crippen molar-refractivity contribution in [3.8, 4) is 0 Å². The van der Waals surface area contributed by atoms with Crippen LogP contribution in [-0.2, 0) is 4.79 Å². The van der Waals surface area contributed by atoms with E-state index in [9.17, 15) is 4.79 Å². The molecule has 2 unspecified atom stereocenters. The van der Waals surface area contributed by atoms with Crippen LogP contribution in [0, 0.1) is 11.8 Å². The van der Waals surface area contributed by atoms with E-state index < -0.39 is 0 Å². The Labute approximate surface area is 197 Å². The number of nitrogens with one attached hydrogen (secondary N) is 2. The third-order valence-corrected chi connectivity index (χ3v) is 6.99. The summed E-state index contributed by atoms with van der Waals surface area (Å²) < 4.78 is 0. The summed E-state index contributed by atoms with van der Waals surface area (Å²) in [5, 5.41) is 7.67. The summed E-state index contributed by atoms with van der Waals surface area (Å²) in [6, 6.07) is 15.0. The molecule has 6 atom stereocenters. The largest absolute Gasteiger partial charge is 0.301 e.